The maximum atomic E-state index is 13.1. The van der Waals surface area contributed by atoms with Gasteiger partial charge in [-0.05, 0) is 29.8 Å². The summed E-state index contributed by atoms with van der Waals surface area (Å²) in [7, 11) is 0. The number of hydrogen-bond donors (Lipinski definition) is 0. The summed E-state index contributed by atoms with van der Waals surface area (Å²) in [6.45, 7) is 0. The van der Waals surface area contributed by atoms with E-state index in [0.717, 1.165) is 31.6 Å². The van der Waals surface area contributed by atoms with Gasteiger partial charge in [0.05, 0.1) is 21.4 Å². The number of thiophene rings is 1. The van der Waals surface area contributed by atoms with Crippen LogP contribution in [-0.4, -0.2) is 22.0 Å². The van der Waals surface area contributed by atoms with Crippen LogP contribution in [0.15, 0.2) is 70.2 Å². The van der Waals surface area contributed by atoms with E-state index in [2.05, 4.69) is 26.0 Å². The molecule has 0 saturated heterocycles. The van der Waals surface area contributed by atoms with Crippen LogP contribution < -0.4 is 5.01 Å². The second kappa shape index (κ2) is 8.19. The van der Waals surface area contributed by atoms with Crippen LogP contribution in [0.3, 0.4) is 0 Å². The number of carbonyl (C=O) groups is 1. The van der Waals surface area contributed by atoms with Gasteiger partial charge in [0, 0.05) is 10.5 Å². The largest absolute Gasteiger partial charge is 0.324 e. The summed E-state index contributed by atoms with van der Waals surface area (Å²) in [5.74, 6) is -0.478. The van der Waals surface area contributed by atoms with Crippen LogP contribution in [0.5, 0.6) is 0 Å². The number of benzene rings is 2. The number of fused-ring (bicyclic) bond motifs is 1. The summed E-state index contributed by atoms with van der Waals surface area (Å²) in [5.41, 5.74) is 1.55. The Morgan fingerprint density at radius 2 is 1.93 bits per heavy atom. The molecule has 10 heteroatoms. The van der Waals surface area contributed by atoms with Crippen LogP contribution in [0.25, 0.3) is 10.2 Å². The zero-order chi connectivity index (χ0) is 20.4. The molecule has 144 valence electrons. The van der Waals surface area contributed by atoms with Crippen molar-refractivity contribution in [1.82, 2.24) is 4.98 Å². The highest BCUT2D eigenvalue weighted by atomic mass is 79.9. The average molecular weight is 487 g/mol. The fraction of sp³-hybridized carbons (Fsp3) is 0. The fourth-order valence-electron chi connectivity index (χ4n) is 2.47. The Morgan fingerprint density at radius 3 is 2.66 bits per heavy atom. The first-order chi connectivity index (χ1) is 14.0. The van der Waals surface area contributed by atoms with Crippen molar-refractivity contribution in [2.75, 3.05) is 5.01 Å². The highest BCUT2D eigenvalue weighted by Gasteiger charge is 2.24. The third kappa shape index (κ3) is 4.24. The minimum atomic E-state index is -0.520. The lowest BCUT2D eigenvalue weighted by molar-refractivity contribution is -0.380. The second-order valence-electron chi connectivity index (χ2n) is 5.78. The number of rotatable bonds is 5. The van der Waals surface area contributed by atoms with Crippen LogP contribution in [0, 0.1) is 10.1 Å². The lowest BCUT2D eigenvalue weighted by atomic mass is 10.2. The Labute approximate surface area is 181 Å². The first kappa shape index (κ1) is 19.4. The van der Waals surface area contributed by atoms with Crippen molar-refractivity contribution in [2.24, 2.45) is 5.10 Å². The van der Waals surface area contributed by atoms with Crippen molar-refractivity contribution in [3.8, 4) is 0 Å². The molecule has 0 atom stereocenters. The molecule has 0 fully saturated rings. The zero-order valence-electron chi connectivity index (χ0n) is 14.6. The molecule has 0 aliphatic heterocycles. The topological polar surface area (TPSA) is 88.7 Å². The van der Waals surface area contributed by atoms with E-state index in [-0.39, 0.29) is 9.88 Å². The molecular formula is C19H11BrN4O3S2. The molecule has 2 aromatic heterocycles. The minimum absolute atomic E-state index is 0.103. The molecule has 1 amide bonds. The van der Waals surface area contributed by atoms with E-state index >= 15 is 0 Å². The van der Waals surface area contributed by atoms with E-state index in [1.807, 2.05) is 48.5 Å². The van der Waals surface area contributed by atoms with Crippen molar-refractivity contribution in [1.29, 1.82) is 0 Å². The molecule has 0 radical (unpaired) electrons. The zero-order valence-corrected chi connectivity index (χ0v) is 17.8. The highest BCUT2D eigenvalue weighted by Crippen LogP contribution is 2.33. The number of hydrazone groups is 1. The van der Waals surface area contributed by atoms with Crippen molar-refractivity contribution in [3.63, 3.8) is 0 Å². The van der Waals surface area contributed by atoms with Crippen LogP contribution in [0.4, 0.5) is 10.1 Å². The molecule has 0 spiro atoms. The molecule has 0 aliphatic rings. The Kier molecular flexibility index (Phi) is 5.47. The van der Waals surface area contributed by atoms with Gasteiger partial charge in [-0.25, -0.2) is 4.98 Å². The number of anilines is 1. The fourth-order valence-corrected chi connectivity index (χ4v) is 4.69. The monoisotopic (exact) mass is 486 g/mol. The molecule has 7 nitrogen and oxygen atoms in total. The van der Waals surface area contributed by atoms with Crippen molar-refractivity contribution in [2.45, 2.75) is 0 Å². The van der Waals surface area contributed by atoms with Crippen molar-refractivity contribution >= 4 is 71.1 Å². The van der Waals surface area contributed by atoms with Crippen LogP contribution in [-0.2, 0) is 0 Å². The third-order valence-electron chi connectivity index (χ3n) is 3.82. The summed E-state index contributed by atoms with van der Waals surface area (Å²) in [6, 6.07) is 17.7. The van der Waals surface area contributed by atoms with Gasteiger partial charge in [0.25, 0.3) is 5.91 Å². The normalized spacial score (nSPS) is 11.2. The van der Waals surface area contributed by atoms with Crippen LogP contribution in [0.1, 0.15) is 15.2 Å². The van der Waals surface area contributed by atoms with E-state index in [1.54, 1.807) is 6.21 Å². The predicted octanol–water partition coefficient (Wildman–Crippen LogP) is 5.71. The van der Waals surface area contributed by atoms with Crippen LogP contribution in [0.2, 0.25) is 0 Å². The minimum Gasteiger partial charge on any atom is -0.266 e. The molecule has 2 aromatic carbocycles. The molecule has 0 aliphatic carbocycles. The first-order valence-electron chi connectivity index (χ1n) is 8.25. The van der Waals surface area contributed by atoms with Gasteiger partial charge in [0.2, 0.25) is 5.13 Å². The van der Waals surface area contributed by atoms with E-state index in [9.17, 15) is 14.9 Å². The summed E-state index contributed by atoms with van der Waals surface area (Å²) in [5, 5.41) is 16.8. The Morgan fingerprint density at radius 1 is 1.14 bits per heavy atom. The van der Waals surface area contributed by atoms with E-state index in [1.165, 1.54) is 28.5 Å². The Hall–Kier alpha value is -2.95. The number of amides is 1. The number of nitro groups is 1. The first-order valence-corrected chi connectivity index (χ1v) is 10.7. The smallest absolute Gasteiger partial charge is 0.266 e. The molecule has 0 saturated carbocycles. The van der Waals surface area contributed by atoms with Gasteiger partial charge < -0.3 is 0 Å². The van der Waals surface area contributed by atoms with Gasteiger partial charge in [0.15, 0.2) is 0 Å². The second-order valence-corrected chi connectivity index (χ2v) is 8.76. The molecule has 2 heterocycles. The summed E-state index contributed by atoms with van der Waals surface area (Å²) < 4.78 is 1.79. The van der Waals surface area contributed by atoms with Gasteiger partial charge in [0.1, 0.15) is 4.88 Å². The van der Waals surface area contributed by atoms with Gasteiger partial charge >= 0.3 is 5.00 Å². The highest BCUT2D eigenvalue weighted by molar-refractivity contribution is 9.10. The predicted molar refractivity (Wildman–Crippen MR) is 119 cm³/mol. The summed E-state index contributed by atoms with van der Waals surface area (Å²) in [6.07, 6.45) is 1.56. The number of nitrogens with zero attached hydrogens (tertiary/aromatic N) is 4. The maximum absolute atomic E-state index is 13.1. The summed E-state index contributed by atoms with van der Waals surface area (Å²) in [4.78, 5) is 28.3. The van der Waals surface area contributed by atoms with Gasteiger partial charge in [-0.1, -0.05) is 68.9 Å². The lowest BCUT2D eigenvalue weighted by Crippen LogP contribution is -2.24. The molecular weight excluding hydrogens is 476 g/mol. The quantitative estimate of drug-likeness (QED) is 0.205. The average Bonchev–Trinajstić information content (AvgIpc) is 3.36. The number of halogens is 1. The third-order valence-corrected chi connectivity index (χ3v) is 6.33. The standard InChI is InChI=1S/C19H11BrN4O3S2/c20-13-6-7-14-16(10-13)29-19(22-14)23(21-11-12-4-2-1-3-5-12)18(25)15-8-9-17(28-15)24(26)27/h1-11H/b21-11+. The van der Waals surface area contributed by atoms with Gasteiger partial charge in [-0.3, -0.25) is 14.9 Å². The number of hydrogen-bond acceptors (Lipinski definition) is 7. The van der Waals surface area contributed by atoms with E-state index in [4.69, 9.17) is 0 Å². The number of carbonyl (C=O) groups excluding carboxylic acids is 1. The Balaban J connectivity index is 1.75. The summed E-state index contributed by atoms with van der Waals surface area (Å²) >= 11 is 5.55. The lowest BCUT2D eigenvalue weighted by Gasteiger charge is -2.12. The molecule has 4 aromatic rings. The molecule has 0 N–H and O–H groups in total. The van der Waals surface area contributed by atoms with Crippen molar-refractivity contribution < 1.29 is 9.72 Å². The Bertz CT molecular complexity index is 1240. The molecule has 29 heavy (non-hydrogen) atoms. The van der Waals surface area contributed by atoms with E-state index < -0.39 is 10.8 Å². The molecule has 0 unspecified atom stereocenters. The van der Waals surface area contributed by atoms with Gasteiger partial charge in [-0.15, -0.1) is 0 Å². The SMILES string of the molecule is O=C(c1ccc([N+](=O)[O-])s1)N(/N=C/c1ccccc1)c1nc2ccc(Br)cc2s1. The van der Waals surface area contributed by atoms with Crippen LogP contribution >= 0.6 is 38.6 Å². The molecule has 0 bridgehead atoms. The number of thiazole rings is 1. The molecule has 4 rings (SSSR count). The van der Waals surface area contributed by atoms with Crippen molar-refractivity contribution in [3.05, 3.63) is 85.7 Å². The number of aromatic nitrogens is 1. The van der Waals surface area contributed by atoms with E-state index in [0.29, 0.717) is 5.13 Å². The maximum Gasteiger partial charge on any atom is 0.324 e. The van der Waals surface area contributed by atoms with Gasteiger partial charge in [-0.2, -0.15) is 10.1 Å².